The summed E-state index contributed by atoms with van der Waals surface area (Å²) in [5.74, 6) is -0.386. The first kappa shape index (κ1) is 24.3. The maximum atomic E-state index is 12.5. The largest absolute Gasteiger partial charge is 0.507 e. The number of phenolic OH excluding ortho intramolecular Hbond substituents is 1. The summed E-state index contributed by atoms with van der Waals surface area (Å²) in [6, 6.07) is 24.1. The summed E-state index contributed by atoms with van der Waals surface area (Å²) in [6.45, 7) is 0.0829. The van der Waals surface area contributed by atoms with Gasteiger partial charge in [-0.2, -0.15) is 5.10 Å². The number of carbonyl (C=O) groups excluding carboxylic acids is 1. The van der Waals surface area contributed by atoms with Crippen LogP contribution < -0.4 is 9.73 Å². The number of nitrogens with zero attached hydrogens (tertiary/aromatic N) is 2. The number of rotatable bonds is 7. The summed E-state index contributed by atoms with van der Waals surface area (Å²) in [5.41, 5.74) is 4.45. The van der Waals surface area contributed by atoms with Crippen molar-refractivity contribution in [1.29, 1.82) is 0 Å². The number of halogens is 1. The van der Waals surface area contributed by atoms with E-state index in [1.807, 2.05) is 24.3 Å². The van der Waals surface area contributed by atoms with Gasteiger partial charge in [0.15, 0.2) is 0 Å². The molecule has 35 heavy (non-hydrogen) atoms. The van der Waals surface area contributed by atoms with Gasteiger partial charge in [0.05, 0.1) is 24.7 Å². The molecular formula is C26H22ClN3O4S. The number of hydrazone groups is 1. The van der Waals surface area contributed by atoms with E-state index in [4.69, 9.17) is 11.6 Å². The molecule has 0 aliphatic rings. The van der Waals surface area contributed by atoms with Crippen LogP contribution in [0.3, 0.4) is 0 Å². The van der Waals surface area contributed by atoms with Gasteiger partial charge in [0, 0.05) is 16.1 Å². The highest BCUT2D eigenvalue weighted by atomic mass is 35.5. The average Bonchev–Trinajstić information content (AvgIpc) is 2.83. The predicted molar refractivity (Wildman–Crippen MR) is 140 cm³/mol. The van der Waals surface area contributed by atoms with Crippen LogP contribution in [0.25, 0.3) is 10.8 Å². The molecule has 0 bridgehead atoms. The molecule has 7 nitrogen and oxygen atoms in total. The van der Waals surface area contributed by atoms with Crippen molar-refractivity contribution in [1.82, 2.24) is 5.43 Å². The maximum absolute atomic E-state index is 12.5. The summed E-state index contributed by atoms with van der Waals surface area (Å²) in [6.07, 6.45) is 2.53. The molecular weight excluding hydrogens is 486 g/mol. The number of fused-ring (bicyclic) bond motifs is 1. The fourth-order valence-electron chi connectivity index (χ4n) is 3.60. The van der Waals surface area contributed by atoms with Crippen molar-refractivity contribution < 1.29 is 18.3 Å². The second-order valence-electron chi connectivity index (χ2n) is 7.87. The summed E-state index contributed by atoms with van der Waals surface area (Å²) < 4.78 is 25.9. The van der Waals surface area contributed by atoms with E-state index in [1.54, 1.807) is 60.7 Å². The van der Waals surface area contributed by atoms with Gasteiger partial charge in [-0.05, 0) is 52.7 Å². The highest BCUT2D eigenvalue weighted by Crippen LogP contribution is 2.26. The van der Waals surface area contributed by atoms with Gasteiger partial charge in [0.2, 0.25) is 10.0 Å². The van der Waals surface area contributed by atoms with Gasteiger partial charge in [0.25, 0.3) is 5.91 Å². The molecule has 4 aromatic carbocycles. The van der Waals surface area contributed by atoms with Gasteiger partial charge in [-0.25, -0.2) is 13.8 Å². The van der Waals surface area contributed by atoms with E-state index in [1.165, 1.54) is 10.5 Å². The Hall–Kier alpha value is -3.88. The second kappa shape index (κ2) is 10.2. The summed E-state index contributed by atoms with van der Waals surface area (Å²) >= 11 is 6.02. The second-order valence-corrected chi connectivity index (χ2v) is 10.2. The topological polar surface area (TPSA) is 99.1 Å². The van der Waals surface area contributed by atoms with E-state index in [0.29, 0.717) is 27.4 Å². The molecule has 0 aliphatic heterocycles. The first-order valence-corrected chi connectivity index (χ1v) is 12.8. The van der Waals surface area contributed by atoms with Crippen molar-refractivity contribution in [3.8, 4) is 5.75 Å². The minimum Gasteiger partial charge on any atom is -0.507 e. The highest BCUT2D eigenvalue weighted by Gasteiger charge is 2.18. The molecule has 0 heterocycles. The third-order valence-corrected chi connectivity index (χ3v) is 6.72. The average molecular weight is 508 g/mol. The Labute approximate surface area is 208 Å². The van der Waals surface area contributed by atoms with Gasteiger partial charge in [-0.1, -0.05) is 60.1 Å². The van der Waals surface area contributed by atoms with Crippen molar-refractivity contribution in [2.24, 2.45) is 5.10 Å². The van der Waals surface area contributed by atoms with Crippen LogP contribution in [0.1, 0.15) is 21.5 Å². The van der Waals surface area contributed by atoms with E-state index >= 15 is 0 Å². The summed E-state index contributed by atoms with van der Waals surface area (Å²) in [7, 11) is -3.56. The van der Waals surface area contributed by atoms with Crippen LogP contribution in [0.15, 0.2) is 90.0 Å². The highest BCUT2D eigenvalue weighted by molar-refractivity contribution is 7.92. The van der Waals surface area contributed by atoms with Gasteiger partial charge < -0.3 is 5.11 Å². The summed E-state index contributed by atoms with van der Waals surface area (Å²) in [4.78, 5) is 12.5. The molecule has 0 atom stereocenters. The quantitative estimate of drug-likeness (QED) is 0.274. The molecule has 0 aromatic heterocycles. The Morgan fingerprint density at radius 3 is 2.49 bits per heavy atom. The third-order valence-electron chi connectivity index (χ3n) is 5.35. The van der Waals surface area contributed by atoms with E-state index in [-0.39, 0.29) is 12.3 Å². The first-order valence-electron chi connectivity index (χ1n) is 10.6. The molecule has 0 saturated carbocycles. The normalized spacial score (nSPS) is 11.6. The van der Waals surface area contributed by atoms with Crippen molar-refractivity contribution in [3.63, 3.8) is 0 Å². The standard InChI is InChI=1S/C26H22ClN3O4S/c1-35(33,34)30(22-7-4-6-21(27)15-22)17-18-9-11-20(12-10-18)26(32)29-28-16-24-23-8-3-2-5-19(23)13-14-25(24)31/h2-16,31H,17H2,1H3,(H,29,32). The Balaban J connectivity index is 1.47. The zero-order valence-electron chi connectivity index (χ0n) is 18.7. The molecule has 0 aliphatic carbocycles. The van der Waals surface area contributed by atoms with E-state index in [2.05, 4.69) is 10.5 Å². The lowest BCUT2D eigenvalue weighted by Crippen LogP contribution is -2.29. The number of hydrogen-bond acceptors (Lipinski definition) is 5. The maximum Gasteiger partial charge on any atom is 0.271 e. The van der Waals surface area contributed by atoms with Crippen LogP contribution in [-0.4, -0.2) is 31.9 Å². The SMILES string of the molecule is CS(=O)(=O)N(Cc1ccc(C(=O)NN=Cc2c(O)ccc3ccccc23)cc1)c1cccc(Cl)c1. The van der Waals surface area contributed by atoms with Crippen LogP contribution in [0.2, 0.25) is 5.02 Å². The van der Waals surface area contributed by atoms with Crippen LogP contribution >= 0.6 is 11.6 Å². The van der Waals surface area contributed by atoms with Crippen molar-refractivity contribution >= 4 is 50.2 Å². The van der Waals surface area contributed by atoms with Crippen LogP contribution in [0.5, 0.6) is 5.75 Å². The van der Waals surface area contributed by atoms with Crippen molar-refractivity contribution in [3.05, 3.63) is 107 Å². The Morgan fingerprint density at radius 2 is 1.77 bits per heavy atom. The Kier molecular flexibility index (Phi) is 7.04. The van der Waals surface area contributed by atoms with Crippen LogP contribution in [0, 0.1) is 0 Å². The number of benzene rings is 4. The van der Waals surface area contributed by atoms with E-state index in [9.17, 15) is 18.3 Å². The molecule has 1 amide bonds. The minimum absolute atomic E-state index is 0.0567. The zero-order valence-corrected chi connectivity index (χ0v) is 20.3. The summed E-state index contributed by atoms with van der Waals surface area (Å²) in [5, 5.41) is 16.4. The van der Waals surface area contributed by atoms with Crippen LogP contribution in [0.4, 0.5) is 5.69 Å². The Bertz CT molecular complexity index is 1520. The number of sulfonamides is 1. The lowest BCUT2D eigenvalue weighted by atomic mass is 10.0. The monoisotopic (exact) mass is 507 g/mol. The molecule has 0 radical (unpaired) electrons. The fraction of sp³-hybridized carbons (Fsp3) is 0.0769. The van der Waals surface area contributed by atoms with Crippen molar-refractivity contribution in [2.45, 2.75) is 6.54 Å². The number of nitrogens with one attached hydrogen (secondary N) is 1. The van der Waals surface area contributed by atoms with Crippen LogP contribution in [-0.2, 0) is 16.6 Å². The number of hydrogen-bond donors (Lipinski definition) is 2. The molecule has 2 N–H and O–H groups in total. The number of carbonyl (C=O) groups is 1. The minimum atomic E-state index is -3.56. The van der Waals surface area contributed by atoms with Gasteiger partial charge >= 0.3 is 0 Å². The number of aromatic hydroxyl groups is 1. The fourth-order valence-corrected chi connectivity index (χ4v) is 4.66. The number of amides is 1. The Morgan fingerprint density at radius 1 is 1.03 bits per heavy atom. The predicted octanol–water partition coefficient (Wildman–Crippen LogP) is 4.93. The smallest absolute Gasteiger partial charge is 0.271 e. The molecule has 4 rings (SSSR count). The van der Waals surface area contributed by atoms with Crippen molar-refractivity contribution in [2.75, 3.05) is 10.6 Å². The lowest BCUT2D eigenvalue weighted by Gasteiger charge is -2.22. The number of anilines is 1. The zero-order chi connectivity index (χ0) is 25.0. The van der Waals surface area contributed by atoms with E-state index in [0.717, 1.165) is 17.0 Å². The van der Waals surface area contributed by atoms with Gasteiger partial charge in [0.1, 0.15) is 5.75 Å². The van der Waals surface area contributed by atoms with E-state index < -0.39 is 15.9 Å². The molecule has 0 saturated heterocycles. The number of phenols is 1. The molecule has 9 heteroatoms. The molecule has 4 aromatic rings. The molecule has 178 valence electrons. The molecule has 0 unspecified atom stereocenters. The molecule has 0 fully saturated rings. The van der Waals surface area contributed by atoms with Gasteiger partial charge in [-0.15, -0.1) is 0 Å². The lowest BCUT2D eigenvalue weighted by molar-refractivity contribution is 0.0955. The third kappa shape index (κ3) is 5.79. The van der Waals surface area contributed by atoms with Gasteiger partial charge in [-0.3, -0.25) is 9.10 Å². The molecule has 0 spiro atoms. The first-order chi connectivity index (χ1) is 16.7.